The van der Waals surface area contributed by atoms with Gasteiger partial charge in [0.05, 0.1) is 18.1 Å². The molecule has 0 bridgehead atoms. The molecule has 0 aliphatic heterocycles. The third-order valence-corrected chi connectivity index (χ3v) is 1.32. The van der Waals surface area contributed by atoms with Gasteiger partial charge < -0.3 is 4.74 Å². The Morgan fingerprint density at radius 3 is 2.83 bits per heavy atom. The molecule has 0 spiro atoms. The maximum Gasteiger partial charge on any atom is 0.232 e. The number of allylic oxidation sites excluding steroid dienone is 1. The lowest BCUT2D eigenvalue weighted by Crippen LogP contribution is -1.96. The van der Waals surface area contributed by atoms with Gasteiger partial charge in [-0.3, -0.25) is 4.98 Å². The number of nitrogens with zero attached hydrogens (tertiary/aromatic N) is 2. The number of ether oxygens (including phenoxy) is 1. The highest BCUT2D eigenvalue weighted by molar-refractivity contribution is 5.06. The molecule has 1 aromatic rings. The fraction of sp³-hybridized carbons (Fsp3) is 0.333. The van der Waals surface area contributed by atoms with Gasteiger partial charge in [0.1, 0.15) is 6.61 Å². The smallest absolute Gasteiger partial charge is 0.232 e. The molecule has 0 atom stereocenters. The van der Waals surface area contributed by atoms with E-state index in [0.717, 1.165) is 5.69 Å². The van der Waals surface area contributed by atoms with Crippen LogP contribution in [0.25, 0.3) is 0 Å². The van der Waals surface area contributed by atoms with Crippen molar-refractivity contribution in [3.63, 3.8) is 0 Å². The largest absolute Gasteiger partial charge is 0.472 e. The number of hydrogen-bond acceptors (Lipinski definition) is 3. The lowest BCUT2D eigenvalue weighted by Gasteiger charge is -2.00. The van der Waals surface area contributed by atoms with Crippen molar-refractivity contribution in [2.45, 2.75) is 13.8 Å². The van der Waals surface area contributed by atoms with E-state index >= 15 is 0 Å². The molecule has 0 saturated heterocycles. The minimum Gasteiger partial charge on any atom is -0.472 e. The van der Waals surface area contributed by atoms with Gasteiger partial charge in [0, 0.05) is 0 Å². The highest BCUT2D eigenvalue weighted by Crippen LogP contribution is 2.02. The van der Waals surface area contributed by atoms with Crippen molar-refractivity contribution in [1.29, 1.82) is 0 Å². The van der Waals surface area contributed by atoms with Gasteiger partial charge in [-0.15, -0.1) is 0 Å². The third kappa shape index (κ3) is 2.70. The van der Waals surface area contributed by atoms with Gasteiger partial charge in [0.25, 0.3) is 0 Å². The van der Waals surface area contributed by atoms with Crippen molar-refractivity contribution in [1.82, 2.24) is 9.97 Å². The molecule has 0 amide bonds. The van der Waals surface area contributed by atoms with Crippen molar-refractivity contribution >= 4 is 0 Å². The second-order valence-electron chi connectivity index (χ2n) is 2.38. The molecule has 0 saturated carbocycles. The number of rotatable bonds is 3. The van der Waals surface area contributed by atoms with Crippen LogP contribution in [0.15, 0.2) is 24.5 Å². The van der Waals surface area contributed by atoms with Crippen LogP contribution in [0.4, 0.5) is 0 Å². The van der Waals surface area contributed by atoms with Crippen LogP contribution in [0, 0.1) is 6.92 Å². The van der Waals surface area contributed by atoms with Crippen LogP contribution in [0.3, 0.4) is 0 Å². The molecule has 0 N–H and O–H groups in total. The van der Waals surface area contributed by atoms with Crippen molar-refractivity contribution in [2.75, 3.05) is 6.61 Å². The molecule has 0 aromatic carbocycles. The van der Waals surface area contributed by atoms with Gasteiger partial charge in [-0.1, -0.05) is 12.2 Å². The molecule has 0 radical (unpaired) electrons. The Kier molecular flexibility index (Phi) is 3.26. The SMILES string of the molecule is C/C=C/COc1cnc(C)cn1. The molecule has 12 heavy (non-hydrogen) atoms. The van der Waals surface area contributed by atoms with Crippen LogP contribution in [0.1, 0.15) is 12.6 Å². The number of hydrogen-bond donors (Lipinski definition) is 0. The topological polar surface area (TPSA) is 35.0 Å². The zero-order valence-corrected chi connectivity index (χ0v) is 7.32. The standard InChI is InChI=1S/C9H12N2O/c1-3-4-5-12-9-7-10-8(2)6-11-9/h3-4,6-7H,5H2,1-2H3/b4-3+. The molecule has 0 fully saturated rings. The Morgan fingerprint density at radius 1 is 1.42 bits per heavy atom. The third-order valence-electron chi connectivity index (χ3n) is 1.32. The molecule has 1 aromatic heterocycles. The molecule has 0 aliphatic carbocycles. The van der Waals surface area contributed by atoms with Crippen LogP contribution in [0.5, 0.6) is 5.88 Å². The van der Waals surface area contributed by atoms with Crippen LogP contribution >= 0.6 is 0 Å². The highest BCUT2D eigenvalue weighted by Gasteiger charge is 1.92. The Balaban J connectivity index is 2.47. The summed E-state index contributed by atoms with van der Waals surface area (Å²) >= 11 is 0. The van der Waals surface area contributed by atoms with Crippen molar-refractivity contribution in [3.8, 4) is 5.88 Å². The van der Waals surface area contributed by atoms with E-state index < -0.39 is 0 Å². The van der Waals surface area contributed by atoms with Crippen molar-refractivity contribution < 1.29 is 4.74 Å². The fourth-order valence-electron chi connectivity index (χ4n) is 0.685. The summed E-state index contributed by atoms with van der Waals surface area (Å²) in [5.41, 5.74) is 0.897. The van der Waals surface area contributed by atoms with E-state index in [1.807, 2.05) is 26.0 Å². The van der Waals surface area contributed by atoms with Crippen molar-refractivity contribution in [3.05, 3.63) is 30.2 Å². The molecule has 0 aliphatic rings. The second-order valence-corrected chi connectivity index (χ2v) is 2.38. The van der Waals surface area contributed by atoms with E-state index in [2.05, 4.69) is 9.97 Å². The van der Waals surface area contributed by atoms with Crippen molar-refractivity contribution in [2.24, 2.45) is 0 Å². The Morgan fingerprint density at radius 2 is 2.25 bits per heavy atom. The summed E-state index contributed by atoms with van der Waals surface area (Å²) in [7, 11) is 0. The van der Waals surface area contributed by atoms with Gasteiger partial charge in [-0.25, -0.2) is 4.98 Å². The van der Waals surface area contributed by atoms with Crippen LogP contribution in [-0.4, -0.2) is 16.6 Å². The van der Waals surface area contributed by atoms with E-state index in [1.54, 1.807) is 12.4 Å². The Hall–Kier alpha value is -1.38. The maximum atomic E-state index is 5.24. The zero-order valence-electron chi connectivity index (χ0n) is 7.32. The van der Waals surface area contributed by atoms with E-state index in [9.17, 15) is 0 Å². The van der Waals surface area contributed by atoms with Gasteiger partial charge in [0.2, 0.25) is 5.88 Å². The summed E-state index contributed by atoms with van der Waals surface area (Å²) in [6.45, 7) is 4.39. The minimum atomic E-state index is 0.550. The van der Waals surface area contributed by atoms with E-state index in [-0.39, 0.29) is 0 Å². The maximum absolute atomic E-state index is 5.24. The molecule has 1 rings (SSSR count). The van der Waals surface area contributed by atoms with Crippen LogP contribution in [0.2, 0.25) is 0 Å². The molecule has 1 heterocycles. The summed E-state index contributed by atoms with van der Waals surface area (Å²) < 4.78 is 5.24. The first-order valence-electron chi connectivity index (χ1n) is 3.85. The molecule has 0 unspecified atom stereocenters. The Labute approximate surface area is 72.1 Å². The molecule has 3 heteroatoms. The first-order chi connectivity index (χ1) is 5.83. The monoisotopic (exact) mass is 164 g/mol. The van der Waals surface area contributed by atoms with E-state index in [0.29, 0.717) is 12.5 Å². The van der Waals surface area contributed by atoms with Crippen LogP contribution < -0.4 is 4.74 Å². The van der Waals surface area contributed by atoms with Gasteiger partial charge in [-0.05, 0) is 13.8 Å². The lowest BCUT2D eigenvalue weighted by molar-refractivity contribution is 0.346. The summed E-state index contributed by atoms with van der Waals surface area (Å²) in [4.78, 5) is 8.08. The zero-order chi connectivity index (χ0) is 8.81. The van der Waals surface area contributed by atoms with E-state index in [1.165, 1.54) is 0 Å². The quantitative estimate of drug-likeness (QED) is 0.638. The molecular formula is C9H12N2O. The molecule has 3 nitrogen and oxygen atoms in total. The predicted molar refractivity (Wildman–Crippen MR) is 47.1 cm³/mol. The number of aryl methyl sites for hydroxylation is 1. The van der Waals surface area contributed by atoms with Gasteiger partial charge >= 0.3 is 0 Å². The van der Waals surface area contributed by atoms with E-state index in [4.69, 9.17) is 4.74 Å². The summed E-state index contributed by atoms with van der Waals surface area (Å²) in [5.74, 6) is 0.568. The minimum absolute atomic E-state index is 0.550. The predicted octanol–water partition coefficient (Wildman–Crippen LogP) is 1.74. The second kappa shape index (κ2) is 4.49. The van der Waals surface area contributed by atoms with Gasteiger partial charge in [0.15, 0.2) is 0 Å². The van der Waals surface area contributed by atoms with Gasteiger partial charge in [-0.2, -0.15) is 0 Å². The first kappa shape index (κ1) is 8.71. The first-order valence-corrected chi connectivity index (χ1v) is 3.85. The number of aromatic nitrogens is 2. The molecule has 64 valence electrons. The Bertz CT molecular complexity index is 254. The summed E-state index contributed by atoms with van der Waals surface area (Å²) in [5, 5.41) is 0. The highest BCUT2D eigenvalue weighted by atomic mass is 16.5. The van der Waals surface area contributed by atoms with Crippen LogP contribution in [-0.2, 0) is 0 Å². The average molecular weight is 164 g/mol. The summed E-state index contributed by atoms with van der Waals surface area (Å²) in [6.07, 6.45) is 7.16. The average Bonchev–Trinajstić information content (AvgIpc) is 2.09. The molecular weight excluding hydrogens is 152 g/mol. The fourth-order valence-corrected chi connectivity index (χ4v) is 0.685. The normalized spacial score (nSPS) is 10.5. The summed E-state index contributed by atoms with van der Waals surface area (Å²) in [6, 6.07) is 0. The lowest BCUT2D eigenvalue weighted by atomic mass is 10.5.